The number of nitrogens with zero attached hydrogens (tertiary/aromatic N) is 2. The molecular formula is C29H57N2+. The maximum atomic E-state index is 2.55. The van der Waals surface area contributed by atoms with Gasteiger partial charge in [-0.1, -0.05) is 117 Å². The summed E-state index contributed by atoms with van der Waals surface area (Å²) in [5.41, 5.74) is 0. The van der Waals surface area contributed by atoms with Gasteiger partial charge in [0.15, 0.2) is 0 Å². The largest absolute Gasteiger partial charge is 0.256 e. The van der Waals surface area contributed by atoms with Gasteiger partial charge in [-0.15, -0.1) is 0 Å². The molecule has 31 heavy (non-hydrogen) atoms. The molecule has 0 aliphatic rings. The SMILES string of the molecule is CCCCCCCCCCCCCCCCc1n(C(C)C)cc[n+]1CCCCCCC. The fourth-order valence-electron chi connectivity index (χ4n) is 4.78. The lowest BCUT2D eigenvalue weighted by molar-refractivity contribution is -0.704. The van der Waals surface area contributed by atoms with Crippen LogP contribution in [0.5, 0.6) is 0 Å². The molecule has 0 saturated carbocycles. The van der Waals surface area contributed by atoms with Crippen LogP contribution in [0.3, 0.4) is 0 Å². The van der Waals surface area contributed by atoms with E-state index in [1.165, 1.54) is 135 Å². The molecule has 1 aromatic heterocycles. The van der Waals surface area contributed by atoms with Crippen LogP contribution in [0.2, 0.25) is 0 Å². The van der Waals surface area contributed by atoms with Crippen molar-refractivity contribution in [2.45, 2.75) is 169 Å². The summed E-state index contributed by atoms with van der Waals surface area (Å²) in [6.07, 6.45) is 32.9. The van der Waals surface area contributed by atoms with Gasteiger partial charge in [-0.05, 0) is 33.1 Å². The molecule has 0 saturated heterocycles. The van der Waals surface area contributed by atoms with Crippen molar-refractivity contribution in [2.24, 2.45) is 0 Å². The summed E-state index contributed by atoms with van der Waals surface area (Å²) >= 11 is 0. The molecule has 0 unspecified atom stereocenters. The molecule has 2 heteroatoms. The van der Waals surface area contributed by atoms with Crippen molar-refractivity contribution in [1.29, 1.82) is 0 Å². The summed E-state index contributed by atoms with van der Waals surface area (Å²) in [5, 5.41) is 0. The molecule has 1 aromatic rings. The van der Waals surface area contributed by atoms with E-state index in [1.54, 1.807) is 5.82 Å². The minimum Gasteiger partial charge on any atom is -0.234 e. The predicted molar refractivity (Wildman–Crippen MR) is 138 cm³/mol. The number of aromatic nitrogens is 2. The van der Waals surface area contributed by atoms with Crippen LogP contribution in [0, 0.1) is 0 Å². The Hall–Kier alpha value is -0.790. The van der Waals surface area contributed by atoms with Crippen molar-refractivity contribution in [2.75, 3.05) is 0 Å². The number of unbranched alkanes of at least 4 members (excludes halogenated alkanes) is 17. The number of rotatable bonds is 22. The van der Waals surface area contributed by atoms with Crippen LogP contribution in [0.15, 0.2) is 12.4 Å². The molecule has 0 atom stereocenters. The molecule has 0 radical (unpaired) electrons. The Balaban J connectivity index is 2.10. The molecule has 0 amide bonds. The highest BCUT2D eigenvalue weighted by atomic mass is 15.2. The van der Waals surface area contributed by atoms with E-state index in [1.807, 2.05) is 0 Å². The van der Waals surface area contributed by atoms with Crippen molar-refractivity contribution in [3.05, 3.63) is 18.2 Å². The molecule has 0 spiro atoms. The number of hydrogen-bond acceptors (Lipinski definition) is 0. The van der Waals surface area contributed by atoms with Gasteiger partial charge in [0.1, 0.15) is 12.4 Å². The zero-order chi connectivity index (χ0) is 22.6. The van der Waals surface area contributed by atoms with Crippen LogP contribution in [-0.4, -0.2) is 4.57 Å². The highest BCUT2D eigenvalue weighted by Gasteiger charge is 2.18. The summed E-state index contributed by atoms with van der Waals surface area (Å²) < 4.78 is 5.06. The van der Waals surface area contributed by atoms with Gasteiger partial charge in [0.2, 0.25) is 0 Å². The summed E-state index contributed by atoms with van der Waals surface area (Å²) in [6.45, 7) is 10.4. The van der Waals surface area contributed by atoms with E-state index in [0.717, 1.165) is 0 Å². The first-order chi connectivity index (χ1) is 15.2. The van der Waals surface area contributed by atoms with Gasteiger partial charge in [0, 0.05) is 6.42 Å². The molecule has 0 fully saturated rings. The van der Waals surface area contributed by atoms with Gasteiger partial charge < -0.3 is 0 Å². The zero-order valence-corrected chi connectivity index (χ0v) is 22.0. The van der Waals surface area contributed by atoms with Crippen molar-refractivity contribution >= 4 is 0 Å². The van der Waals surface area contributed by atoms with Crippen molar-refractivity contribution < 1.29 is 4.57 Å². The number of imidazole rings is 1. The maximum absolute atomic E-state index is 2.55. The standard InChI is InChI=1S/C29H57N2/c1-5-7-9-11-12-13-14-15-16-17-18-19-20-22-24-29-30(25-23-21-10-8-6-2)26-27-31(29)28(3)4/h26-28H,5-25H2,1-4H3/q+1. The summed E-state index contributed by atoms with van der Waals surface area (Å²) in [5.74, 6) is 1.56. The first kappa shape index (κ1) is 28.2. The first-order valence-corrected chi connectivity index (χ1v) is 14.3. The van der Waals surface area contributed by atoms with E-state index < -0.39 is 0 Å². The van der Waals surface area contributed by atoms with E-state index >= 15 is 0 Å². The van der Waals surface area contributed by atoms with Gasteiger partial charge in [0.05, 0.1) is 12.6 Å². The molecule has 0 aliphatic carbocycles. The third-order valence-electron chi connectivity index (χ3n) is 6.85. The second-order valence-electron chi connectivity index (χ2n) is 10.2. The summed E-state index contributed by atoms with van der Waals surface area (Å²) in [7, 11) is 0. The smallest absolute Gasteiger partial charge is 0.234 e. The quantitative estimate of drug-likeness (QED) is 0.127. The van der Waals surface area contributed by atoms with Crippen LogP contribution in [0.4, 0.5) is 0 Å². The van der Waals surface area contributed by atoms with E-state index in [4.69, 9.17) is 0 Å². The predicted octanol–water partition coefficient (Wildman–Crippen LogP) is 9.35. The molecule has 0 aromatic carbocycles. The molecule has 0 N–H and O–H groups in total. The lowest BCUT2D eigenvalue weighted by Crippen LogP contribution is -2.37. The first-order valence-electron chi connectivity index (χ1n) is 14.3. The lowest BCUT2D eigenvalue weighted by Gasteiger charge is -2.08. The van der Waals surface area contributed by atoms with Gasteiger partial charge in [0.25, 0.3) is 5.82 Å². The average molecular weight is 434 g/mol. The second kappa shape index (κ2) is 19.9. The Morgan fingerprint density at radius 2 is 1.03 bits per heavy atom. The van der Waals surface area contributed by atoms with E-state index in [9.17, 15) is 0 Å². The third-order valence-corrected chi connectivity index (χ3v) is 6.85. The highest BCUT2D eigenvalue weighted by Crippen LogP contribution is 2.15. The highest BCUT2D eigenvalue weighted by molar-refractivity contribution is 4.86. The van der Waals surface area contributed by atoms with Gasteiger partial charge >= 0.3 is 0 Å². The second-order valence-corrected chi connectivity index (χ2v) is 10.2. The number of hydrogen-bond donors (Lipinski definition) is 0. The fourth-order valence-corrected chi connectivity index (χ4v) is 4.78. The van der Waals surface area contributed by atoms with Crippen LogP contribution in [0.25, 0.3) is 0 Å². The minimum absolute atomic E-state index is 0.572. The molecule has 2 nitrogen and oxygen atoms in total. The Morgan fingerprint density at radius 1 is 0.613 bits per heavy atom. The Kier molecular flexibility index (Phi) is 18.1. The van der Waals surface area contributed by atoms with Crippen LogP contribution in [0.1, 0.15) is 162 Å². The molecule has 0 bridgehead atoms. The van der Waals surface area contributed by atoms with Gasteiger partial charge in [-0.3, -0.25) is 0 Å². The molecule has 1 rings (SSSR count). The fraction of sp³-hybridized carbons (Fsp3) is 0.897. The lowest BCUT2D eigenvalue weighted by atomic mass is 10.0. The Labute approximate surface area is 196 Å². The average Bonchev–Trinajstić information content (AvgIpc) is 3.17. The van der Waals surface area contributed by atoms with Crippen LogP contribution in [-0.2, 0) is 13.0 Å². The van der Waals surface area contributed by atoms with Gasteiger partial charge in [-0.25, -0.2) is 9.13 Å². The monoisotopic (exact) mass is 433 g/mol. The molecule has 182 valence electrons. The van der Waals surface area contributed by atoms with E-state index in [-0.39, 0.29) is 0 Å². The Morgan fingerprint density at radius 3 is 1.48 bits per heavy atom. The molecular weight excluding hydrogens is 376 g/mol. The van der Waals surface area contributed by atoms with E-state index in [0.29, 0.717) is 6.04 Å². The molecule has 1 heterocycles. The minimum atomic E-state index is 0.572. The summed E-state index contributed by atoms with van der Waals surface area (Å²) in [6, 6.07) is 0.572. The van der Waals surface area contributed by atoms with Crippen LogP contribution >= 0.6 is 0 Å². The van der Waals surface area contributed by atoms with E-state index in [2.05, 4.69) is 49.2 Å². The van der Waals surface area contributed by atoms with Gasteiger partial charge in [-0.2, -0.15) is 0 Å². The van der Waals surface area contributed by atoms with Crippen LogP contribution < -0.4 is 4.57 Å². The topological polar surface area (TPSA) is 8.81 Å². The molecule has 0 aliphatic heterocycles. The maximum Gasteiger partial charge on any atom is 0.256 e. The normalized spacial score (nSPS) is 11.6. The third kappa shape index (κ3) is 14.1. The van der Waals surface area contributed by atoms with Crippen molar-refractivity contribution in [3.63, 3.8) is 0 Å². The van der Waals surface area contributed by atoms with Crippen molar-refractivity contribution in [1.82, 2.24) is 4.57 Å². The van der Waals surface area contributed by atoms with Crippen molar-refractivity contribution in [3.8, 4) is 0 Å². The zero-order valence-electron chi connectivity index (χ0n) is 22.0. The summed E-state index contributed by atoms with van der Waals surface area (Å²) in [4.78, 5) is 0. The Bertz CT molecular complexity index is 503. The number of aryl methyl sites for hydroxylation is 1.